The highest BCUT2D eigenvalue weighted by atomic mass is 19.3. The highest BCUT2D eigenvalue weighted by Gasteiger charge is 2.35. The number of rotatable bonds is 6. The van der Waals surface area contributed by atoms with E-state index in [1.54, 1.807) is 11.6 Å². The first-order valence-corrected chi connectivity index (χ1v) is 10.2. The van der Waals surface area contributed by atoms with Crippen LogP contribution in [0.3, 0.4) is 0 Å². The third-order valence-electron chi connectivity index (χ3n) is 5.44. The van der Waals surface area contributed by atoms with Crippen LogP contribution in [0.4, 0.5) is 14.5 Å². The maximum atomic E-state index is 13.5. The van der Waals surface area contributed by atoms with Crippen molar-refractivity contribution in [2.75, 3.05) is 5.32 Å². The zero-order valence-electron chi connectivity index (χ0n) is 17.5. The lowest BCUT2D eigenvalue weighted by Crippen LogP contribution is -2.25. The maximum absolute atomic E-state index is 13.5. The number of anilines is 1. The molecule has 0 saturated heterocycles. The summed E-state index contributed by atoms with van der Waals surface area (Å²) in [6.07, 6.45) is 1.61. The summed E-state index contributed by atoms with van der Waals surface area (Å²) in [5, 5.41) is 15.7. The molecular weight excluding hydrogens is 390 g/mol. The van der Waals surface area contributed by atoms with Crippen molar-refractivity contribution in [3.63, 3.8) is 0 Å². The Morgan fingerprint density at radius 1 is 1.13 bits per heavy atom. The van der Waals surface area contributed by atoms with Crippen LogP contribution < -0.4 is 5.32 Å². The van der Waals surface area contributed by atoms with Gasteiger partial charge < -0.3 is 9.73 Å². The molecule has 3 aromatic heterocycles. The van der Waals surface area contributed by atoms with E-state index in [4.69, 9.17) is 9.40 Å². The molecular formula is C21H26F2N6O. The van der Waals surface area contributed by atoms with E-state index in [1.165, 1.54) is 0 Å². The van der Waals surface area contributed by atoms with Crippen molar-refractivity contribution in [1.82, 2.24) is 25.0 Å². The van der Waals surface area contributed by atoms with Gasteiger partial charge in [-0.3, -0.25) is 0 Å². The van der Waals surface area contributed by atoms with Crippen molar-refractivity contribution < 1.29 is 13.2 Å². The second-order valence-electron chi connectivity index (χ2n) is 8.12. The number of aromatic nitrogens is 5. The van der Waals surface area contributed by atoms with Crippen LogP contribution in [0.1, 0.15) is 54.5 Å². The zero-order chi connectivity index (χ0) is 21.3. The number of pyridine rings is 1. The van der Waals surface area contributed by atoms with Gasteiger partial charge in [0, 0.05) is 42.9 Å². The summed E-state index contributed by atoms with van der Waals surface area (Å²) in [6, 6.07) is 5.87. The molecule has 0 amide bonds. The topological polar surface area (TPSA) is 81.7 Å². The Morgan fingerprint density at radius 2 is 1.90 bits per heavy atom. The Kier molecular flexibility index (Phi) is 5.53. The first-order chi connectivity index (χ1) is 14.3. The summed E-state index contributed by atoms with van der Waals surface area (Å²) < 4.78 is 34.3. The van der Waals surface area contributed by atoms with Gasteiger partial charge in [0.05, 0.1) is 12.2 Å². The van der Waals surface area contributed by atoms with Gasteiger partial charge in [-0.05, 0) is 51.2 Å². The van der Waals surface area contributed by atoms with Gasteiger partial charge in [0.25, 0.3) is 0 Å². The van der Waals surface area contributed by atoms with Gasteiger partial charge in [0.2, 0.25) is 17.7 Å². The lowest BCUT2D eigenvalue weighted by atomic mass is 9.84. The molecule has 0 radical (unpaired) electrons. The van der Waals surface area contributed by atoms with Gasteiger partial charge in [0.15, 0.2) is 5.82 Å². The third kappa shape index (κ3) is 4.83. The fourth-order valence-corrected chi connectivity index (χ4v) is 3.93. The minimum Gasteiger partial charge on any atom is -0.424 e. The molecule has 0 aromatic carbocycles. The van der Waals surface area contributed by atoms with Crippen LogP contribution in [0.25, 0.3) is 5.82 Å². The van der Waals surface area contributed by atoms with E-state index in [2.05, 4.69) is 20.6 Å². The monoisotopic (exact) mass is 416 g/mol. The van der Waals surface area contributed by atoms with E-state index in [1.807, 2.05) is 32.0 Å². The average Bonchev–Trinajstić information content (AvgIpc) is 3.26. The van der Waals surface area contributed by atoms with Crippen molar-refractivity contribution in [3.05, 3.63) is 47.1 Å². The Labute approximate surface area is 173 Å². The number of alkyl halides is 2. The van der Waals surface area contributed by atoms with Crippen LogP contribution in [0, 0.1) is 26.7 Å². The number of hydrogen-bond donors (Lipinski definition) is 1. The van der Waals surface area contributed by atoms with Crippen molar-refractivity contribution in [3.8, 4) is 5.82 Å². The van der Waals surface area contributed by atoms with Gasteiger partial charge in [-0.1, -0.05) is 0 Å². The lowest BCUT2D eigenvalue weighted by molar-refractivity contribution is -0.0457. The van der Waals surface area contributed by atoms with Crippen LogP contribution in [0.5, 0.6) is 0 Å². The van der Waals surface area contributed by atoms with E-state index in [9.17, 15) is 8.78 Å². The van der Waals surface area contributed by atoms with Crippen LogP contribution in [0.15, 0.2) is 22.6 Å². The molecule has 1 N–H and O–H groups in total. The second kappa shape index (κ2) is 8.12. The highest BCUT2D eigenvalue weighted by Crippen LogP contribution is 2.37. The molecule has 4 rings (SSSR count). The van der Waals surface area contributed by atoms with Crippen LogP contribution >= 0.6 is 0 Å². The number of halogens is 2. The van der Waals surface area contributed by atoms with Crippen molar-refractivity contribution in [2.24, 2.45) is 5.92 Å². The number of hydrogen-bond acceptors (Lipinski definition) is 6. The Hall–Kier alpha value is -2.84. The van der Waals surface area contributed by atoms with Crippen molar-refractivity contribution in [1.29, 1.82) is 0 Å². The van der Waals surface area contributed by atoms with Gasteiger partial charge in [-0.15, -0.1) is 10.2 Å². The Bertz CT molecular complexity index is 1020. The molecule has 9 heteroatoms. The summed E-state index contributed by atoms with van der Waals surface area (Å²) in [7, 11) is 0. The molecule has 0 spiro atoms. The number of nitrogens with one attached hydrogen (secondary N) is 1. The number of aryl methyl sites for hydroxylation is 3. The SMILES string of the molecule is Cc1cc(C)n(-c2cc(NCc3nnc(C)o3)cc(CC3CCC(F)(F)CC3)n2)n1. The maximum Gasteiger partial charge on any atom is 0.248 e. The summed E-state index contributed by atoms with van der Waals surface area (Å²) in [5.41, 5.74) is 3.59. The van der Waals surface area contributed by atoms with E-state index in [-0.39, 0.29) is 18.8 Å². The molecule has 160 valence electrons. The summed E-state index contributed by atoms with van der Waals surface area (Å²) in [4.78, 5) is 4.79. The largest absolute Gasteiger partial charge is 0.424 e. The van der Waals surface area contributed by atoms with Crippen molar-refractivity contribution in [2.45, 2.75) is 65.3 Å². The first kappa shape index (κ1) is 20.4. The normalized spacial score (nSPS) is 16.7. The van der Waals surface area contributed by atoms with E-state index < -0.39 is 5.92 Å². The fraction of sp³-hybridized carbons (Fsp3) is 0.524. The highest BCUT2D eigenvalue weighted by molar-refractivity contribution is 5.50. The molecule has 0 atom stereocenters. The molecule has 0 unspecified atom stereocenters. The Balaban J connectivity index is 1.58. The molecule has 30 heavy (non-hydrogen) atoms. The van der Waals surface area contributed by atoms with Crippen LogP contribution in [-0.4, -0.2) is 30.9 Å². The van der Waals surface area contributed by atoms with E-state index in [0.29, 0.717) is 43.4 Å². The number of nitrogens with zero attached hydrogens (tertiary/aromatic N) is 5. The van der Waals surface area contributed by atoms with E-state index in [0.717, 1.165) is 22.8 Å². The minimum absolute atomic E-state index is 0.0452. The molecule has 0 aliphatic heterocycles. The molecule has 0 bridgehead atoms. The minimum atomic E-state index is -2.52. The zero-order valence-corrected chi connectivity index (χ0v) is 17.5. The van der Waals surface area contributed by atoms with Crippen molar-refractivity contribution >= 4 is 5.69 Å². The predicted octanol–water partition coefficient (Wildman–Crippen LogP) is 4.56. The second-order valence-corrected chi connectivity index (χ2v) is 8.12. The molecule has 1 aliphatic rings. The fourth-order valence-electron chi connectivity index (χ4n) is 3.93. The summed E-state index contributed by atoms with van der Waals surface area (Å²) in [5.74, 6) is -0.611. The predicted molar refractivity (Wildman–Crippen MR) is 108 cm³/mol. The van der Waals surface area contributed by atoms with Gasteiger partial charge >= 0.3 is 0 Å². The molecule has 1 saturated carbocycles. The van der Waals surface area contributed by atoms with Crippen LogP contribution in [-0.2, 0) is 13.0 Å². The first-order valence-electron chi connectivity index (χ1n) is 10.2. The molecule has 3 aromatic rings. The molecule has 1 aliphatic carbocycles. The van der Waals surface area contributed by atoms with Gasteiger partial charge in [0.1, 0.15) is 0 Å². The van der Waals surface area contributed by atoms with Gasteiger partial charge in [-0.2, -0.15) is 5.10 Å². The lowest BCUT2D eigenvalue weighted by Gasteiger charge is -2.28. The van der Waals surface area contributed by atoms with Crippen LogP contribution in [0.2, 0.25) is 0 Å². The smallest absolute Gasteiger partial charge is 0.248 e. The average molecular weight is 416 g/mol. The third-order valence-corrected chi connectivity index (χ3v) is 5.44. The quantitative estimate of drug-likeness (QED) is 0.635. The summed E-state index contributed by atoms with van der Waals surface area (Å²) in [6.45, 7) is 6.05. The Morgan fingerprint density at radius 3 is 2.53 bits per heavy atom. The van der Waals surface area contributed by atoms with Gasteiger partial charge in [-0.25, -0.2) is 18.4 Å². The summed E-state index contributed by atoms with van der Waals surface area (Å²) >= 11 is 0. The molecule has 3 heterocycles. The molecule has 1 fully saturated rings. The molecule has 7 nitrogen and oxygen atoms in total. The van der Waals surface area contributed by atoms with E-state index >= 15 is 0 Å². The standard InChI is InChI=1S/C21H26F2N6O/c1-13-8-14(2)29(28-13)19-11-17(24-12-20-27-26-15(3)30-20)10-18(25-19)9-16-4-6-21(22,23)7-5-16/h8,10-11,16H,4-7,9,12H2,1-3H3,(H,24,25).